The molecule has 0 radical (unpaired) electrons. The summed E-state index contributed by atoms with van der Waals surface area (Å²) in [6.45, 7) is 6.21. The van der Waals surface area contributed by atoms with Crippen molar-refractivity contribution < 1.29 is 24.2 Å². The van der Waals surface area contributed by atoms with Crippen molar-refractivity contribution in [3.05, 3.63) is 59.7 Å². The Morgan fingerprint density at radius 3 is 2.53 bits per heavy atom. The topological polar surface area (TPSA) is 108 Å². The molecule has 0 saturated carbocycles. The van der Waals surface area contributed by atoms with E-state index in [9.17, 15) is 19.5 Å². The van der Waals surface area contributed by atoms with Crippen LogP contribution in [0.5, 0.6) is 0 Å². The zero-order chi connectivity index (χ0) is 27.1. The maximum Gasteiger partial charge on any atom is 0.250 e. The SMILES string of the molecule is CC[C@@]12CCC3(O1)C(C(=O)Nc1cc(C)ccc1C)N(CCCCO)C(=O)[C@@H]3[C@@H]2C(=O)Nc1ccccc1. The van der Waals surface area contributed by atoms with Gasteiger partial charge in [0, 0.05) is 24.5 Å². The molecule has 3 amide bonds. The third-order valence-corrected chi connectivity index (χ3v) is 8.71. The number of aliphatic hydroxyl groups is 1. The Bertz CT molecular complexity index is 1230. The van der Waals surface area contributed by atoms with Gasteiger partial charge in [0.25, 0.3) is 0 Å². The number of anilines is 2. The second-order valence-electron chi connectivity index (χ2n) is 11.0. The number of benzene rings is 2. The van der Waals surface area contributed by atoms with Crippen LogP contribution in [0.1, 0.15) is 50.2 Å². The van der Waals surface area contributed by atoms with E-state index < -0.39 is 29.1 Å². The highest BCUT2D eigenvalue weighted by Gasteiger charge is 2.78. The maximum absolute atomic E-state index is 14.1. The van der Waals surface area contributed by atoms with E-state index in [1.807, 2.05) is 69.3 Å². The van der Waals surface area contributed by atoms with Crippen molar-refractivity contribution in [2.75, 3.05) is 23.8 Å². The summed E-state index contributed by atoms with van der Waals surface area (Å²) in [5.74, 6) is -2.21. The zero-order valence-electron chi connectivity index (χ0n) is 22.3. The summed E-state index contributed by atoms with van der Waals surface area (Å²) in [7, 11) is 0. The Morgan fingerprint density at radius 1 is 1.05 bits per heavy atom. The Kier molecular flexibility index (Phi) is 7.05. The lowest BCUT2D eigenvalue weighted by Crippen LogP contribution is -2.53. The molecular formula is C30H37N3O5. The Morgan fingerprint density at radius 2 is 1.82 bits per heavy atom. The van der Waals surface area contributed by atoms with Gasteiger partial charge in [-0.2, -0.15) is 0 Å². The van der Waals surface area contributed by atoms with E-state index in [4.69, 9.17) is 4.74 Å². The first-order valence-electron chi connectivity index (χ1n) is 13.6. The summed E-state index contributed by atoms with van der Waals surface area (Å²) in [4.78, 5) is 43.5. The van der Waals surface area contributed by atoms with Crippen LogP contribution in [0.25, 0.3) is 0 Å². The van der Waals surface area contributed by atoms with Gasteiger partial charge < -0.3 is 25.4 Å². The van der Waals surface area contributed by atoms with Crippen molar-refractivity contribution >= 4 is 29.1 Å². The number of amides is 3. The highest BCUT2D eigenvalue weighted by Crippen LogP contribution is 2.64. The number of unbranched alkanes of at least 4 members (excludes halogenated alkanes) is 1. The minimum atomic E-state index is -1.08. The van der Waals surface area contributed by atoms with Crippen LogP contribution in [0.2, 0.25) is 0 Å². The number of para-hydroxylation sites is 1. The number of rotatable bonds is 9. The second kappa shape index (κ2) is 10.2. The maximum atomic E-state index is 14.1. The van der Waals surface area contributed by atoms with Crippen molar-refractivity contribution in [2.45, 2.75) is 70.1 Å². The fourth-order valence-corrected chi connectivity index (χ4v) is 6.86. The summed E-state index contributed by atoms with van der Waals surface area (Å²) < 4.78 is 6.79. The van der Waals surface area contributed by atoms with E-state index in [1.54, 1.807) is 4.90 Å². The standard InChI is InChI=1S/C30H37N3O5/c1-4-29-14-15-30(38-29)24(23(29)26(35)31-21-10-6-5-7-11-21)28(37)33(16-8-9-17-34)25(30)27(36)32-22-18-19(2)12-13-20(22)3/h5-7,10-13,18,23-25,34H,4,8-9,14-17H2,1-3H3,(H,31,35)(H,32,36)/t23-,24+,25?,29+,30?/m1/s1. The van der Waals surface area contributed by atoms with Gasteiger partial charge in [-0.3, -0.25) is 14.4 Å². The molecule has 3 heterocycles. The predicted octanol–water partition coefficient (Wildman–Crippen LogP) is 3.81. The minimum absolute atomic E-state index is 0.00744. The van der Waals surface area contributed by atoms with Gasteiger partial charge in [-0.15, -0.1) is 0 Å². The Labute approximate surface area is 223 Å². The molecule has 2 aromatic rings. The minimum Gasteiger partial charge on any atom is -0.396 e. The number of aliphatic hydroxyl groups excluding tert-OH is 1. The van der Waals surface area contributed by atoms with Crippen LogP contribution in [0.4, 0.5) is 11.4 Å². The highest BCUT2D eigenvalue weighted by atomic mass is 16.5. The average molecular weight is 520 g/mol. The number of likely N-dealkylation sites (tertiary alicyclic amines) is 1. The first-order valence-corrected chi connectivity index (χ1v) is 13.6. The molecule has 38 heavy (non-hydrogen) atoms. The molecule has 8 heteroatoms. The van der Waals surface area contributed by atoms with Crippen LogP contribution in [0.15, 0.2) is 48.5 Å². The number of nitrogens with one attached hydrogen (secondary N) is 2. The number of fused-ring (bicyclic) bond motifs is 1. The van der Waals surface area contributed by atoms with E-state index in [0.717, 1.165) is 11.1 Å². The smallest absolute Gasteiger partial charge is 0.250 e. The number of aryl methyl sites for hydroxylation is 2. The fourth-order valence-electron chi connectivity index (χ4n) is 6.86. The molecule has 3 aliphatic rings. The molecule has 2 unspecified atom stereocenters. The number of nitrogens with zero attached hydrogens (tertiary/aromatic N) is 1. The van der Waals surface area contributed by atoms with Crippen LogP contribution in [-0.2, 0) is 19.1 Å². The van der Waals surface area contributed by atoms with Crippen molar-refractivity contribution in [2.24, 2.45) is 11.8 Å². The quantitative estimate of drug-likeness (QED) is 0.437. The van der Waals surface area contributed by atoms with Crippen molar-refractivity contribution in [1.82, 2.24) is 4.90 Å². The fraction of sp³-hybridized carbons (Fsp3) is 0.500. The van der Waals surface area contributed by atoms with Gasteiger partial charge in [0.2, 0.25) is 17.7 Å². The van der Waals surface area contributed by atoms with E-state index >= 15 is 0 Å². The molecule has 202 valence electrons. The first-order chi connectivity index (χ1) is 18.3. The van der Waals surface area contributed by atoms with E-state index in [2.05, 4.69) is 10.6 Å². The van der Waals surface area contributed by atoms with Crippen molar-refractivity contribution in [1.29, 1.82) is 0 Å². The molecule has 2 aromatic carbocycles. The predicted molar refractivity (Wildman–Crippen MR) is 144 cm³/mol. The molecule has 3 aliphatic heterocycles. The van der Waals surface area contributed by atoms with Gasteiger partial charge in [0.15, 0.2) is 0 Å². The second-order valence-corrected chi connectivity index (χ2v) is 11.0. The van der Waals surface area contributed by atoms with Crippen LogP contribution in [-0.4, -0.2) is 58.1 Å². The molecule has 3 saturated heterocycles. The van der Waals surface area contributed by atoms with Gasteiger partial charge in [-0.1, -0.05) is 37.3 Å². The van der Waals surface area contributed by atoms with E-state index in [0.29, 0.717) is 50.0 Å². The molecule has 0 aliphatic carbocycles. The summed E-state index contributed by atoms with van der Waals surface area (Å²) in [5, 5.41) is 15.4. The van der Waals surface area contributed by atoms with Gasteiger partial charge in [-0.25, -0.2) is 0 Å². The van der Waals surface area contributed by atoms with Gasteiger partial charge in [0.1, 0.15) is 11.6 Å². The van der Waals surface area contributed by atoms with Gasteiger partial charge in [0.05, 0.1) is 17.4 Å². The van der Waals surface area contributed by atoms with Crippen molar-refractivity contribution in [3.8, 4) is 0 Å². The van der Waals surface area contributed by atoms with Crippen LogP contribution in [0, 0.1) is 25.7 Å². The molecule has 1 spiro atoms. The van der Waals surface area contributed by atoms with Crippen LogP contribution < -0.4 is 10.6 Å². The highest BCUT2D eigenvalue weighted by molar-refractivity contribution is 6.05. The first kappa shape index (κ1) is 26.4. The largest absolute Gasteiger partial charge is 0.396 e. The molecule has 0 aromatic heterocycles. The third kappa shape index (κ3) is 4.20. The van der Waals surface area contributed by atoms with Crippen LogP contribution >= 0.6 is 0 Å². The normalized spacial score (nSPS) is 29.4. The summed E-state index contributed by atoms with van der Waals surface area (Å²) in [5.41, 5.74) is 1.44. The number of hydrogen-bond donors (Lipinski definition) is 3. The molecule has 5 atom stereocenters. The lowest BCUT2D eigenvalue weighted by atomic mass is 9.65. The lowest BCUT2D eigenvalue weighted by Gasteiger charge is -2.34. The third-order valence-electron chi connectivity index (χ3n) is 8.71. The number of carbonyl (C=O) groups excluding carboxylic acids is 3. The van der Waals surface area contributed by atoms with Crippen LogP contribution in [0.3, 0.4) is 0 Å². The van der Waals surface area contributed by atoms with Gasteiger partial charge in [-0.05, 0) is 75.3 Å². The molecule has 3 fully saturated rings. The summed E-state index contributed by atoms with van der Waals surface area (Å²) >= 11 is 0. The Balaban J connectivity index is 1.52. The van der Waals surface area contributed by atoms with Crippen molar-refractivity contribution in [3.63, 3.8) is 0 Å². The van der Waals surface area contributed by atoms with E-state index in [-0.39, 0.29) is 24.3 Å². The monoisotopic (exact) mass is 519 g/mol. The number of hydrogen-bond acceptors (Lipinski definition) is 5. The molecule has 5 rings (SSSR count). The number of ether oxygens (including phenoxy) is 1. The van der Waals surface area contributed by atoms with E-state index in [1.165, 1.54) is 0 Å². The molecule has 8 nitrogen and oxygen atoms in total. The molecule has 3 N–H and O–H groups in total. The zero-order valence-corrected chi connectivity index (χ0v) is 22.3. The Hall–Kier alpha value is -3.23. The molecular weight excluding hydrogens is 482 g/mol. The summed E-state index contributed by atoms with van der Waals surface area (Å²) in [6.07, 6.45) is 2.79. The molecule has 2 bridgehead atoms. The summed E-state index contributed by atoms with van der Waals surface area (Å²) in [6, 6.07) is 14.2. The lowest BCUT2D eigenvalue weighted by molar-refractivity contribution is -0.144. The number of carbonyl (C=O) groups is 3. The van der Waals surface area contributed by atoms with Gasteiger partial charge >= 0.3 is 0 Å². The average Bonchev–Trinajstić information content (AvgIpc) is 3.50.